The van der Waals surface area contributed by atoms with Gasteiger partial charge in [0, 0.05) is 28.0 Å². The van der Waals surface area contributed by atoms with E-state index < -0.39 is 0 Å². The van der Waals surface area contributed by atoms with Crippen LogP contribution in [0.4, 0.5) is 0 Å². The van der Waals surface area contributed by atoms with Gasteiger partial charge in [0.05, 0.1) is 5.51 Å². The summed E-state index contributed by atoms with van der Waals surface area (Å²) >= 11 is 5.26. The fourth-order valence-corrected chi connectivity index (χ4v) is 3.16. The Morgan fingerprint density at radius 1 is 1.41 bits per heavy atom. The normalized spacial score (nSPS) is 12.6. The first-order chi connectivity index (χ1) is 8.19. The van der Waals surface area contributed by atoms with E-state index in [0.29, 0.717) is 6.04 Å². The molecular weight excluding hydrogens is 296 g/mol. The standard InChI is InChI=1S/C13H15BrN2S/c1-9-3-10(5-11(14)4-9)13(15-2)6-12-7-16-8-17-12/h3-5,7-8,13,15H,6H2,1-2H3. The number of hydrogen-bond donors (Lipinski definition) is 1. The first-order valence-corrected chi connectivity index (χ1v) is 7.18. The van der Waals surface area contributed by atoms with Gasteiger partial charge in [-0.1, -0.05) is 22.0 Å². The summed E-state index contributed by atoms with van der Waals surface area (Å²) in [5.41, 5.74) is 4.47. The molecule has 0 bridgehead atoms. The minimum Gasteiger partial charge on any atom is -0.313 e. The minimum atomic E-state index is 0.339. The summed E-state index contributed by atoms with van der Waals surface area (Å²) in [4.78, 5) is 5.43. The average Bonchev–Trinajstić information content (AvgIpc) is 2.77. The Bertz CT molecular complexity index is 462. The van der Waals surface area contributed by atoms with E-state index in [2.05, 4.69) is 51.4 Å². The van der Waals surface area contributed by atoms with Gasteiger partial charge in [-0.2, -0.15) is 0 Å². The maximum Gasteiger partial charge on any atom is 0.0794 e. The minimum absolute atomic E-state index is 0.339. The summed E-state index contributed by atoms with van der Waals surface area (Å²) in [7, 11) is 2.00. The highest BCUT2D eigenvalue weighted by atomic mass is 79.9. The lowest BCUT2D eigenvalue weighted by Gasteiger charge is -2.16. The van der Waals surface area contributed by atoms with Crippen molar-refractivity contribution in [2.24, 2.45) is 0 Å². The molecule has 2 aromatic rings. The van der Waals surface area contributed by atoms with Gasteiger partial charge in [-0.25, -0.2) is 0 Å². The van der Waals surface area contributed by atoms with Gasteiger partial charge in [-0.3, -0.25) is 4.98 Å². The van der Waals surface area contributed by atoms with Crippen molar-refractivity contribution in [2.45, 2.75) is 19.4 Å². The molecule has 4 heteroatoms. The van der Waals surface area contributed by atoms with Crippen molar-refractivity contribution in [1.29, 1.82) is 0 Å². The van der Waals surface area contributed by atoms with Crippen molar-refractivity contribution in [3.63, 3.8) is 0 Å². The van der Waals surface area contributed by atoms with Crippen LogP contribution in [0, 0.1) is 6.92 Å². The Labute approximate surface area is 114 Å². The molecule has 0 spiro atoms. The summed E-state index contributed by atoms with van der Waals surface area (Å²) in [5.74, 6) is 0. The second kappa shape index (κ2) is 5.76. The number of thiazole rings is 1. The Kier molecular flexibility index (Phi) is 4.31. The van der Waals surface area contributed by atoms with Crippen LogP contribution >= 0.6 is 27.3 Å². The molecule has 0 fully saturated rings. The smallest absolute Gasteiger partial charge is 0.0794 e. The van der Waals surface area contributed by atoms with Gasteiger partial charge in [0.25, 0.3) is 0 Å². The van der Waals surface area contributed by atoms with E-state index in [9.17, 15) is 0 Å². The summed E-state index contributed by atoms with van der Waals surface area (Å²) in [5, 5.41) is 3.37. The van der Waals surface area contributed by atoms with Crippen LogP contribution in [0.25, 0.3) is 0 Å². The SMILES string of the molecule is CNC(Cc1cncs1)c1cc(C)cc(Br)c1. The van der Waals surface area contributed by atoms with Crippen molar-refractivity contribution >= 4 is 27.3 Å². The lowest BCUT2D eigenvalue weighted by Crippen LogP contribution is -2.18. The van der Waals surface area contributed by atoms with Crippen molar-refractivity contribution in [1.82, 2.24) is 10.3 Å². The van der Waals surface area contributed by atoms with Gasteiger partial charge < -0.3 is 5.32 Å². The summed E-state index contributed by atoms with van der Waals surface area (Å²) in [6.45, 7) is 2.12. The zero-order valence-corrected chi connectivity index (χ0v) is 12.3. The van der Waals surface area contributed by atoms with Crippen molar-refractivity contribution in [2.75, 3.05) is 7.05 Å². The number of aromatic nitrogens is 1. The number of hydrogen-bond acceptors (Lipinski definition) is 3. The maximum atomic E-state index is 4.12. The fourth-order valence-electron chi connectivity index (χ4n) is 1.90. The molecule has 17 heavy (non-hydrogen) atoms. The molecule has 0 aliphatic rings. The van der Waals surface area contributed by atoms with E-state index in [1.807, 2.05) is 18.8 Å². The molecule has 90 valence electrons. The predicted octanol–water partition coefficient (Wildman–Crippen LogP) is 3.72. The Morgan fingerprint density at radius 2 is 2.24 bits per heavy atom. The molecule has 1 aromatic carbocycles. The van der Waals surface area contributed by atoms with Crippen LogP contribution in [0.15, 0.2) is 34.4 Å². The van der Waals surface area contributed by atoms with Crippen LogP contribution in [0.3, 0.4) is 0 Å². The average molecular weight is 311 g/mol. The molecule has 0 radical (unpaired) electrons. The Hall–Kier alpha value is -0.710. The molecule has 0 amide bonds. The van der Waals surface area contributed by atoms with Crippen molar-refractivity contribution < 1.29 is 0 Å². The fraction of sp³-hybridized carbons (Fsp3) is 0.308. The number of benzene rings is 1. The van der Waals surface area contributed by atoms with Gasteiger partial charge in [0.15, 0.2) is 0 Å². The number of halogens is 1. The van der Waals surface area contributed by atoms with Crippen LogP contribution < -0.4 is 5.32 Å². The van der Waals surface area contributed by atoms with E-state index in [4.69, 9.17) is 0 Å². The quantitative estimate of drug-likeness (QED) is 0.931. The predicted molar refractivity (Wildman–Crippen MR) is 76.5 cm³/mol. The van der Waals surface area contributed by atoms with Crippen molar-refractivity contribution in [3.8, 4) is 0 Å². The monoisotopic (exact) mass is 310 g/mol. The summed E-state index contributed by atoms with van der Waals surface area (Å²) in [6.07, 6.45) is 2.93. The maximum absolute atomic E-state index is 4.12. The molecule has 1 N–H and O–H groups in total. The number of nitrogens with one attached hydrogen (secondary N) is 1. The van der Waals surface area contributed by atoms with Crippen LogP contribution in [0.2, 0.25) is 0 Å². The zero-order valence-electron chi connectivity index (χ0n) is 9.90. The molecule has 2 rings (SSSR count). The van der Waals surface area contributed by atoms with Crippen LogP contribution in [0.1, 0.15) is 22.0 Å². The molecule has 2 nitrogen and oxygen atoms in total. The van der Waals surface area contributed by atoms with Gasteiger partial charge in [0.2, 0.25) is 0 Å². The number of aryl methyl sites for hydroxylation is 1. The van der Waals surface area contributed by atoms with Crippen LogP contribution in [-0.2, 0) is 6.42 Å². The second-order valence-corrected chi connectivity index (χ2v) is 5.96. The van der Waals surface area contributed by atoms with Gasteiger partial charge in [0.1, 0.15) is 0 Å². The Balaban J connectivity index is 2.22. The molecule has 1 atom stereocenters. The Morgan fingerprint density at radius 3 is 2.82 bits per heavy atom. The lowest BCUT2D eigenvalue weighted by atomic mass is 10.0. The zero-order chi connectivity index (χ0) is 12.3. The molecule has 0 saturated carbocycles. The molecule has 0 aliphatic heterocycles. The lowest BCUT2D eigenvalue weighted by molar-refractivity contribution is 0.595. The highest BCUT2D eigenvalue weighted by molar-refractivity contribution is 9.10. The summed E-state index contributed by atoms with van der Waals surface area (Å²) < 4.78 is 1.14. The molecule has 1 aromatic heterocycles. The van der Waals surface area contributed by atoms with E-state index >= 15 is 0 Å². The van der Waals surface area contributed by atoms with E-state index in [1.54, 1.807) is 11.3 Å². The van der Waals surface area contributed by atoms with Crippen LogP contribution in [0.5, 0.6) is 0 Å². The van der Waals surface area contributed by atoms with Gasteiger partial charge >= 0.3 is 0 Å². The first-order valence-electron chi connectivity index (χ1n) is 5.51. The number of nitrogens with zero attached hydrogens (tertiary/aromatic N) is 1. The molecule has 0 aliphatic carbocycles. The van der Waals surface area contributed by atoms with Crippen LogP contribution in [-0.4, -0.2) is 12.0 Å². The molecular formula is C13H15BrN2S. The number of likely N-dealkylation sites (N-methyl/N-ethyl adjacent to an activating group) is 1. The number of rotatable bonds is 4. The highest BCUT2D eigenvalue weighted by Crippen LogP contribution is 2.24. The third-order valence-electron chi connectivity index (χ3n) is 2.70. The largest absolute Gasteiger partial charge is 0.313 e. The molecule has 1 unspecified atom stereocenters. The van der Waals surface area contributed by atoms with E-state index in [-0.39, 0.29) is 0 Å². The van der Waals surface area contributed by atoms with E-state index in [1.165, 1.54) is 16.0 Å². The van der Waals surface area contributed by atoms with Gasteiger partial charge in [-0.05, 0) is 37.2 Å². The third-order valence-corrected chi connectivity index (χ3v) is 3.96. The summed E-state index contributed by atoms with van der Waals surface area (Å²) in [6, 6.07) is 6.87. The molecule has 0 saturated heterocycles. The van der Waals surface area contributed by atoms with Crippen molar-refractivity contribution in [3.05, 3.63) is 50.4 Å². The van der Waals surface area contributed by atoms with E-state index in [0.717, 1.165) is 10.9 Å². The first kappa shape index (κ1) is 12.7. The third kappa shape index (κ3) is 3.37. The second-order valence-electron chi connectivity index (χ2n) is 4.08. The topological polar surface area (TPSA) is 24.9 Å². The highest BCUT2D eigenvalue weighted by Gasteiger charge is 2.12. The van der Waals surface area contributed by atoms with Gasteiger partial charge in [-0.15, -0.1) is 11.3 Å². The molecule has 1 heterocycles.